The molecule has 16 nitrogen and oxygen atoms in total. The van der Waals surface area contributed by atoms with Crippen molar-refractivity contribution in [3.05, 3.63) is 97.6 Å². The molecular formula is C52H61Cl2FN8O8S. The van der Waals surface area contributed by atoms with Gasteiger partial charge >= 0.3 is 5.69 Å². The molecule has 2 saturated carbocycles. The van der Waals surface area contributed by atoms with Gasteiger partial charge in [0.2, 0.25) is 39.6 Å². The highest BCUT2D eigenvalue weighted by Crippen LogP contribution is 2.63. The molecule has 4 aliphatic heterocycles. The third kappa shape index (κ3) is 9.17. The van der Waals surface area contributed by atoms with E-state index >= 15 is 4.39 Å². The van der Waals surface area contributed by atoms with E-state index in [-0.39, 0.29) is 65.1 Å². The average Bonchev–Trinajstić information content (AvgIpc) is 3.90. The van der Waals surface area contributed by atoms with Crippen LogP contribution in [0.15, 0.2) is 59.4 Å². The topological polar surface area (TPSA) is 210 Å². The molecule has 6 aliphatic rings. The maximum absolute atomic E-state index is 16.3. The summed E-state index contributed by atoms with van der Waals surface area (Å²) in [7, 11) is -2.30. The monoisotopic (exact) mass is 1050 g/mol. The van der Waals surface area contributed by atoms with E-state index in [4.69, 9.17) is 23.2 Å². The summed E-state index contributed by atoms with van der Waals surface area (Å²) >= 11 is 12.9. The highest BCUT2D eigenvalue weighted by atomic mass is 35.5. The van der Waals surface area contributed by atoms with Crippen LogP contribution in [0.3, 0.4) is 0 Å². The molecule has 2 aliphatic carbocycles. The number of imide groups is 1. The zero-order valence-electron chi connectivity index (χ0n) is 40.2. The Bertz CT molecular complexity index is 3020. The van der Waals surface area contributed by atoms with Crippen LogP contribution in [0.1, 0.15) is 119 Å². The number of aryl methyl sites for hydroxylation is 2. The van der Waals surface area contributed by atoms with E-state index in [1.54, 1.807) is 49.5 Å². The van der Waals surface area contributed by atoms with E-state index in [2.05, 4.69) is 30.9 Å². The highest BCUT2D eigenvalue weighted by Gasteiger charge is 2.72. The Morgan fingerprint density at radius 2 is 1.61 bits per heavy atom. The molecule has 1 aromatic heterocycles. The number of carbonyl (C=O) groups is 5. The first-order chi connectivity index (χ1) is 34.5. The zero-order valence-corrected chi connectivity index (χ0v) is 42.6. The van der Waals surface area contributed by atoms with Gasteiger partial charge in [-0.25, -0.2) is 17.6 Å². The minimum absolute atomic E-state index is 0.0739. The smallest absolute Gasteiger partial charge is 0.329 e. The van der Waals surface area contributed by atoms with Crippen LogP contribution in [0.5, 0.6) is 0 Å². The van der Waals surface area contributed by atoms with Crippen molar-refractivity contribution in [3.8, 4) is 0 Å². The highest BCUT2D eigenvalue weighted by molar-refractivity contribution is 7.90. The summed E-state index contributed by atoms with van der Waals surface area (Å²) in [5.41, 5.74) is 0.925. The number of aromatic nitrogens is 2. The van der Waals surface area contributed by atoms with Crippen molar-refractivity contribution in [1.82, 2.24) is 34.7 Å². The number of carbonyl (C=O) groups excluding carboxylic acids is 5. The number of hydrogen-bond acceptors (Lipinski definition) is 10. The Morgan fingerprint density at radius 1 is 0.861 bits per heavy atom. The van der Waals surface area contributed by atoms with E-state index in [0.29, 0.717) is 78.4 Å². The molecular weight excluding hydrogens is 987 g/mol. The lowest BCUT2D eigenvalue weighted by atomic mass is 9.55. The Hall–Kier alpha value is -5.14. The van der Waals surface area contributed by atoms with Crippen LogP contribution in [-0.4, -0.2) is 95.0 Å². The second-order valence-electron chi connectivity index (χ2n) is 21.0. The maximum atomic E-state index is 16.3. The van der Waals surface area contributed by atoms with Crippen LogP contribution in [0.25, 0.3) is 11.0 Å². The molecule has 4 atom stereocenters. The van der Waals surface area contributed by atoms with Gasteiger partial charge < -0.3 is 15.5 Å². The predicted molar refractivity (Wildman–Crippen MR) is 271 cm³/mol. The number of likely N-dealkylation sites (tertiary alicyclic amines) is 1. The van der Waals surface area contributed by atoms with E-state index in [1.165, 1.54) is 15.2 Å². The van der Waals surface area contributed by atoms with Crippen LogP contribution in [0.2, 0.25) is 10.0 Å². The van der Waals surface area contributed by atoms with Crippen molar-refractivity contribution >= 4 is 79.5 Å². The van der Waals surface area contributed by atoms with Gasteiger partial charge in [0.05, 0.1) is 27.9 Å². The van der Waals surface area contributed by atoms with Crippen molar-refractivity contribution in [1.29, 1.82) is 0 Å². The Labute approximate surface area is 427 Å². The average molecular weight is 1050 g/mol. The molecule has 0 bridgehead atoms. The normalized spacial score (nSPS) is 26.7. The molecule has 72 heavy (non-hydrogen) atoms. The van der Waals surface area contributed by atoms with Gasteiger partial charge in [-0.1, -0.05) is 66.7 Å². The molecule has 10 rings (SSSR count). The summed E-state index contributed by atoms with van der Waals surface area (Å²) in [6.45, 7) is 2.15. The first-order valence-corrected chi connectivity index (χ1v) is 27.8. The summed E-state index contributed by atoms with van der Waals surface area (Å²) < 4.78 is 47.7. The van der Waals surface area contributed by atoms with E-state index in [1.807, 2.05) is 6.07 Å². The molecule has 4 aromatic rings. The number of sulfonamides is 1. The van der Waals surface area contributed by atoms with Crippen LogP contribution in [0.4, 0.5) is 10.1 Å². The van der Waals surface area contributed by atoms with Crippen LogP contribution in [0, 0.1) is 17.7 Å². The Balaban J connectivity index is 0.712. The lowest BCUT2D eigenvalue weighted by Crippen LogP contribution is -2.60. The predicted octanol–water partition coefficient (Wildman–Crippen LogP) is 5.88. The van der Waals surface area contributed by atoms with Crippen LogP contribution >= 0.6 is 23.2 Å². The lowest BCUT2D eigenvalue weighted by molar-refractivity contribution is -0.136. The van der Waals surface area contributed by atoms with Crippen molar-refractivity contribution in [2.24, 2.45) is 18.9 Å². The zero-order chi connectivity index (χ0) is 50.7. The van der Waals surface area contributed by atoms with Gasteiger partial charge in [-0.15, -0.1) is 0 Å². The number of rotatable bonds is 12. The number of imidazole rings is 1. The fourth-order valence-corrected chi connectivity index (χ4v) is 14.7. The fraction of sp³-hybridized carbons (Fsp3) is 0.538. The minimum atomic E-state index is -3.91. The van der Waals surface area contributed by atoms with Crippen molar-refractivity contribution in [2.75, 3.05) is 30.7 Å². The second-order valence-corrected chi connectivity index (χ2v) is 23.7. The summed E-state index contributed by atoms with van der Waals surface area (Å²) in [6, 6.07) is 13.6. The largest absolute Gasteiger partial charge is 0.352 e. The number of halogens is 3. The molecule has 5 heterocycles. The van der Waals surface area contributed by atoms with E-state index < -0.39 is 62.5 Å². The summed E-state index contributed by atoms with van der Waals surface area (Å²) in [6.07, 6.45) is 9.26. The first-order valence-electron chi connectivity index (χ1n) is 25.4. The summed E-state index contributed by atoms with van der Waals surface area (Å²) in [5, 5.41) is 12.8. The third-order valence-electron chi connectivity index (χ3n) is 16.8. The Kier molecular flexibility index (Phi) is 14.0. The number of amides is 5. The molecule has 5 fully saturated rings. The van der Waals surface area contributed by atoms with Crippen molar-refractivity contribution < 1.29 is 36.8 Å². The number of anilines is 1. The molecule has 5 amide bonds. The number of nitrogens with zero attached hydrogens (tertiary/aromatic N) is 3. The molecule has 20 heteroatoms. The van der Waals surface area contributed by atoms with Gasteiger partial charge in [0.25, 0.3) is 0 Å². The van der Waals surface area contributed by atoms with Crippen LogP contribution < -0.4 is 31.7 Å². The third-order valence-corrected chi connectivity index (χ3v) is 18.6. The van der Waals surface area contributed by atoms with E-state index in [9.17, 15) is 37.2 Å². The fourth-order valence-electron chi connectivity index (χ4n) is 13.3. The number of benzene rings is 3. The summed E-state index contributed by atoms with van der Waals surface area (Å²) in [4.78, 5) is 82.4. The molecule has 3 aromatic carbocycles. The number of fused-ring (bicyclic) bond motifs is 4. The summed E-state index contributed by atoms with van der Waals surface area (Å²) in [5.74, 6) is -3.78. The quantitative estimate of drug-likeness (QED) is 0.107. The molecule has 3 saturated heterocycles. The van der Waals surface area contributed by atoms with Gasteiger partial charge in [0.15, 0.2) is 0 Å². The van der Waals surface area contributed by atoms with E-state index in [0.717, 1.165) is 57.1 Å². The van der Waals surface area contributed by atoms with Gasteiger partial charge in [0.1, 0.15) is 17.3 Å². The van der Waals surface area contributed by atoms with Crippen LogP contribution in [-0.2, 0) is 52.9 Å². The number of hydrogen-bond donors (Lipinski definition) is 5. The SMILES string of the molecule is Cn1c(=O)n(C2CCC(=O)NC2=O)c2ccc(CCCS(=O)(=O)NC(=O)C3CCN(CC4CCC(NC(=O)[C@@H]5NC6(CCCCC6)[C@@]6(C(=O)Nc7cc(Cl)ccc76)[C@H]5c5cccc(Cl)c5F)CC4)CC3)cc21. The lowest BCUT2D eigenvalue weighted by Gasteiger charge is -2.47. The molecule has 5 N–H and O–H groups in total. The standard InChI is InChI=1S/C52H61Cl2FN8O8S/c1-61-41-27-30(12-17-39(41)63(50(61)69)40-18-19-42(64)58-47(40)66)7-6-26-72(70,71)60-46(65)32-20-24-62(25-21-32)29-31-10-14-34(15-11-31)56-48(67)45-43(35-8-5-9-37(54)44(35)55)52(51(59-45)22-3-2-4-23-51)36-16-13-33(53)28-38(36)57-49(52)68/h5,8-9,12-13,16-17,27-28,31-32,34,40,43,45,59H,2-4,6-7,10-11,14-15,18-26,29H2,1H3,(H,56,67)(H,57,68)(H,60,65)(H,58,64,66)/t31?,34?,40?,43-,45+,52+/m0/s1. The molecule has 2 spiro atoms. The maximum Gasteiger partial charge on any atom is 0.329 e. The Morgan fingerprint density at radius 3 is 2.35 bits per heavy atom. The van der Waals surface area contributed by atoms with Gasteiger partial charge in [-0.05, 0) is 137 Å². The molecule has 0 radical (unpaired) electrons. The minimum Gasteiger partial charge on any atom is -0.352 e. The van der Waals surface area contributed by atoms with Gasteiger partial charge in [-0.2, -0.15) is 0 Å². The van der Waals surface area contributed by atoms with Gasteiger partial charge in [0, 0.05) is 54.1 Å². The first kappa shape index (κ1) is 50.4. The number of nitrogens with one attached hydrogen (secondary N) is 5. The molecule has 384 valence electrons. The number of piperidine rings is 2. The molecule has 1 unspecified atom stereocenters. The van der Waals surface area contributed by atoms with Crippen molar-refractivity contribution in [3.63, 3.8) is 0 Å². The second kappa shape index (κ2) is 19.9. The van der Waals surface area contributed by atoms with Gasteiger partial charge in [-0.3, -0.25) is 48.5 Å². The van der Waals surface area contributed by atoms with Crippen molar-refractivity contribution in [2.45, 2.75) is 131 Å².